The van der Waals surface area contributed by atoms with Crippen LogP contribution >= 0.6 is 0 Å². The van der Waals surface area contributed by atoms with Gasteiger partial charge in [-0.1, -0.05) is 12.1 Å². The molecule has 1 aromatic carbocycles. The molecule has 0 unspecified atom stereocenters. The lowest BCUT2D eigenvalue weighted by molar-refractivity contribution is -0.118. The summed E-state index contributed by atoms with van der Waals surface area (Å²) in [5, 5.41) is 0. The summed E-state index contributed by atoms with van der Waals surface area (Å²) in [7, 11) is 0. The number of benzene rings is 1. The fourth-order valence-electron chi connectivity index (χ4n) is 3.03. The van der Waals surface area contributed by atoms with Crippen LogP contribution in [0, 0.1) is 6.92 Å². The molecule has 1 aliphatic heterocycles. The van der Waals surface area contributed by atoms with Gasteiger partial charge in [-0.05, 0) is 31.5 Å². The van der Waals surface area contributed by atoms with E-state index in [-0.39, 0.29) is 5.91 Å². The Morgan fingerprint density at radius 2 is 1.96 bits per heavy atom. The number of carbonyl (C=O) groups excluding carboxylic acids is 2. The van der Waals surface area contributed by atoms with Crippen molar-refractivity contribution in [2.75, 3.05) is 42.5 Å². The molecule has 0 atom stereocenters. The summed E-state index contributed by atoms with van der Waals surface area (Å²) in [4.78, 5) is 37.9. The van der Waals surface area contributed by atoms with Crippen LogP contribution in [0.2, 0.25) is 0 Å². The number of amides is 2. The largest absolute Gasteiger partial charge is 0.352 e. The average Bonchev–Trinajstić information content (AvgIpc) is 2.69. The smallest absolute Gasteiger partial charge is 0.278 e. The highest BCUT2D eigenvalue weighted by Crippen LogP contribution is 2.18. The van der Waals surface area contributed by atoms with E-state index >= 15 is 0 Å². The maximum absolute atomic E-state index is 12.8. The Hall–Kier alpha value is -2.96. The van der Waals surface area contributed by atoms with E-state index < -0.39 is 0 Å². The van der Waals surface area contributed by atoms with E-state index in [4.69, 9.17) is 0 Å². The molecule has 2 amide bonds. The van der Waals surface area contributed by atoms with Gasteiger partial charge in [-0.15, -0.1) is 0 Å². The first-order valence-electron chi connectivity index (χ1n) is 8.77. The third-order valence-corrected chi connectivity index (χ3v) is 4.52. The Labute approximate surface area is 153 Å². The van der Waals surface area contributed by atoms with Gasteiger partial charge in [-0.3, -0.25) is 9.59 Å². The monoisotopic (exact) mass is 353 g/mol. The lowest BCUT2D eigenvalue weighted by Crippen LogP contribution is -2.46. The molecule has 2 heterocycles. The van der Waals surface area contributed by atoms with E-state index in [0.29, 0.717) is 38.4 Å². The van der Waals surface area contributed by atoms with Gasteiger partial charge in [0.05, 0.1) is 12.4 Å². The number of hydrogen-bond acceptors (Lipinski definition) is 5. The van der Waals surface area contributed by atoms with Crippen LogP contribution in [0.1, 0.15) is 23.0 Å². The second kappa shape index (κ2) is 7.95. The van der Waals surface area contributed by atoms with Crippen LogP contribution in [0.25, 0.3) is 0 Å². The molecule has 0 N–H and O–H groups in total. The number of carbonyl (C=O) groups is 2. The molecule has 7 heteroatoms. The minimum absolute atomic E-state index is 0.164. The van der Waals surface area contributed by atoms with Crippen LogP contribution in [0.3, 0.4) is 0 Å². The fourth-order valence-corrected chi connectivity index (χ4v) is 3.03. The maximum atomic E-state index is 12.8. The molecule has 7 nitrogen and oxygen atoms in total. The summed E-state index contributed by atoms with van der Waals surface area (Å²) in [6.07, 6.45) is 4.03. The summed E-state index contributed by atoms with van der Waals surface area (Å²) >= 11 is 0. The number of anilines is 2. The summed E-state index contributed by atoms with van der Waals surface area (Å²) < 4.78 is 0. The average molecular weight is 353 g/mol. The van der Waals surface area contributed by atoms with Crippen molar-refractivity contribution in [3.05, 3.63) is 47.9 Å². The first kappa shape index (κ1) is 17.8. The third kappa shape index (κ3) is 3.82. The number of rotatable bonds is 5. The summed E-state index contributed by atoms with van der Waals surface area (Å²) in [6, 6.07) is 7.84. The SMILES string of the molecule is CCN(C(=O)c1cnc(N2CCN(C=O)CC2)cn1)c1cccc(C)c1. The second-order valence-corrected chi connectivity index (χ2v) is 6.28. The molecular weight excluding hydrogens is 330 g/mol. The Balaban J connectivity index is 1.73. The van der Waals surface area contributed by atoms with Crippen LogP contribution in [0.4, 0.5) is 11.5 Å². The highest BCUT2D eigenvalue weighted by Gasteiger charge is 2.20. The molecule has 0 radical (unpaired) electrons. The molecule has 1 saturated heterocycles. The molecule has 0 bridgehead atoms. The topological polar surface area (TPSA) is 69.6 Å². The van der Waals surface area contributed by atoms with Crippen LogP contribution < -0.4 is 9.80 Å². The highest BCUT2D eigenvalue weighted by molar-refractivity contribution is 6.04. The van der Waals surface area contributed by atoms with E-state index in [1.807, 2.05) is 38.1 Å². The van der Waals surface area contributed by atoms with E-state index in [1.54, 1.807) is 16.0 Å². The highest BCUT2D eigenvalue weighted by atomic mass is 16.2. The molecule has 0 saturated carbocycles. The minimum Gasteiger partial charge on any atom is -0.352 e. The quantitative estimate of drug-likeness (QED) is 0.766. The molecule has 3 rings (SSSR count). The number of nitrogens with zero attached hydrogens (tertiary/aromatic N) is 5. The van der Waals surface area contributed by atoms with Crippen molar-refractivity contribution in [1.29, 1.82) is 0 Å². The van der Waals surface area contributed by atoms with Gasteiger partial charge in [-0.2, -0.15) is 0 Å². The van der Waals surface area contributed by atoms with Gasteiger partial charge in [0.1, 0.15) is 11.5 Å². The van der Waals surface area contributed by atoms with Gasteiger partial charge < -0.3 is 14.7 Å². The molecular formula is C19H23N5O2. The number of aryl methyl sites for hydroxylation is 1. The van der Waals surface area contributed by atoms with Gasteiger partial charge in [0.15, 0.2) is 0 Å². The zero-order valence-corrected chi connectivity index (χ0v) is 15.1. The molecule has 0 aliphatic carbocycles. The zero-order valence-electron chi connectivity index (χ0n) is 15.1. The van der Waals surface area contributed by atoms with Crippen molar-refractivity contribution in [3.63, 3.8) is 0 Å². The molecule has 2 aromatic rings. The zero-order chi connectivity index (χ0) is 18.5. The van der Waals surface area contributed by atoms with E-state index in [0.717, 1.165) is 23.5 Å². The Morgan fingerprint density at radius 3 is 2.54 bits per heavy atom. The maximum Gasteiger partial charge on any atom is 0.278 e. The summed E-state index contributed by atoms with van der Waals surface area (Å²) in [6.45, 7) is 7.26. The molecule has 136 valence electrons. The van der Waals surface area contributed by atoms with E-state index in [9.17, 15) is 9.59 Å². The van der Waals surface area contributed by atoms with E-state index in [1.165, 1.54) is 6.20 Å². The summed E-state index contributed by atoms with van der Waals surface area (Å²) in [5.41, 5.74) is 2.28. The Morgan fingerprint density at radius 1 is 1.19 bits per heavy atom. The van der Waals surface area contributed by atoms with Gasteiger partial charge >= 0.3 is 0 Å². The fraction of sp³-hybridized carbons (Fsp3) is 0.368. The molecule has 1 fully saturated rings. The molecule has 26 heavy (non-hydrogen) atoms. The second-order valence-electron chi connectivity index (χ2n) is 6.28. The van der Waals surface area contributed by atoms with Gasteiger partial charge in [0.2, 0.25) is 6.41 Å². The number of hydrogen-bond donors (Lipinski definition) is 0. The third-order valence-electron chi connectivity index (χ3n) is 4.52. The van der Waals surface area contributed by atoms with Gasteiger partial charge in [0, 0.05) is 38.4 Å². The van der Waals surface area contributed by atoms with Crippen molar-refractivity contribution in [3.8, 4) is 0 Å². The van der Waals surface area contributed by atoms with Gasteiger partial charge in [0.25, 0.3) is 5.91 Å². The normalized spacial score (nSPS) is 14.2. The van der Waals surface area contributed by atoms with Crippen molar-refractivity contribution in [2.24, 2.45) is 0 Å². The predicted octanol–water partition coefficient (Wildman–Crippen LogP) is 1.73. The first-order valence-corrected chi connectivity index (χ1v) is 8.77. The van der Waals surface area contributed by atoms with Crippen LogP contribution in [0.15, 0.2) is 36.7 Å². The van der Waals surface area contributed by atoms with Gasteiger partial charge in [-0.25, -0.2) is 9.97 Å². The minimum atomic E-state index is -0.164. The van der Waals surface area contributed by atoms with Crippen molar-refractivity contribution >= 4 is 23.8 Å². The Kier molecular flexibility index (Phi) is 5.46. The van der Waals surface area contributed by atoms with E-state index in [2.05, 4.69) is 14.9 Å². The van der Waals surface area contributed by atoms with Crippen LogP contribution in [0.5, 0.6) is 0 Å². The lowest BCUT2D eigenvalue weighted by atomic mass is 10.2. The predicted molar refractivity (Wildman–Crippen MR) is 100 cm³/mol. The van der Waals surface area contributed by atoms with Crippen LogP contribution in [-0.4, -0.2) is 59.9 Å². The van der Waals surface area contributed by atoms with Crippen molar-refractivity contribution in [1.82, 2.24) is 14.9 Å². The number of piperazine rings is 1. The Bertz CT molecular complexity index is 770. The van der Waals surface area contributed by atoms with Crippen molar-refractivity contribution < 1.29 is 9.59 Å². The standard InChI is InChI=1S/C19H23N5O2/c1-3-24(16-6-4-5-15(2)11-16)19(26)17-12-21-18(13-20-17)23-9-7-22(14-25)8-10-23/h4-6,11-14H,3,7-10H2,1-2H3. The molecule has 0 spiro atoms. The molecule has 1 aromatic heterocycles. The van der Waals surface area contributed by atoms with Crippen LogP contribution in [-0.2, 0) is 4.79 Å². The summed E-state index contributed by atoms with van der Waals surface area (Å²) in [5.74, 6) is 0.564. The number of aromatic nitrogens is 2. The van der Waals surface area contributed by atoms with Crippen molar-refractivity contribution in [2.45, 2.75) is 13.8 Å². The molecule has 1 aliphatic rings. The lowest BCUT2D eigenvalue weighted by Gasteiger charge is -2.33. The first-order chi connectivity index (χ1) is 12.6.